The van der Waals surface area contributed by atoms with Gasteiger partial charge in [0.2, 0.25) is 11.9 Å². The average Bonchev–Trinajstić information content (AvgIpc) is 3.10. The number of aryl methyl sites for hydroxylation is 1. The van der Waals surface area contributed by atoms with Crippen molar-refractivity contribution in [3.05, 3.63) is 40.3 Å². The average molecular weight is 345 g/mol. The molecule has 1 fully saturated rings. The van der Waals surface area contributed by atoms with Gasteiger partial charge in [0, 0.05) is 48.3 Å². The molecule has 128 valence electrons. The smallest absolute Gasteiger partial charge is 0.234 e. The van der Waals surface area contributed by atoms with Gasteiger partial charge in [-0.05, 0) is 24.6 Å². The van der Waals surface area contributed by atoms with E-state index in [1.165, 1.54) is 9.75 Å². The van der Waals surface area contributed by atoms with Gasteiger partial charge >= 0.3 is 0 Å². The molecule has 3 heterocycles. The van der Waals surface area contributed by atoms with Crippen LogP contribution in [0.25, 0.3) is 0 Å². The Hall–Kier alpha value is -1.99. The summed E-state index contributed by atoms with van der Waals surface area (Å²) in [5.41, 5.74) is 0. The van der Waals surface area contributed by atoms with Crippen molar-refractivity contribution < 1.29 is 4.79 Å². The van der Waals surface area contributed by atoms with E-state index in [0.717, 1.165) is 38.5 Å². The molecule has 3 rings (SSSR count). The number of anilines is 1. The fourth-order valence-corrected chi connectivity index (χ4v) is 3.61. The molecule has 0 aliphatic carbocycles. The van der Waals surface area contributed by atoms with E-state index < -0.39 is 0 Å². The van der Waals surface area contributed by atoms with Crippen LogP contribution in [0.3, 0.4) is 0 Å². The number of piperazine rings is 1. The maximum Gasteiger partial charge on any atom is 0.234 e. The number of rotatable bonds is 6. The Morgan fingerprint density at radius 1 is 1.17 bits per heavy atom. The van der Waals surface area contributed by atoms with E-state index in [1.807, 2.05) is 6.07 Å². The summed E-state index contributed by atoms with van der Waals surface area (Å²) in [6.45, 7) is 6.63. The van der Waals surface area contributed by atoms with E-state index in [2.05, 4.69) is 44.1 Å². The molecule has 0 saturated carbocycles. The van der Waals surface area contributed by atoms with Gasteiger partial charge in [-0.3, -0.25) is 9.69 Å². The van der Waals surface area contributed by atoms with Crippen LogP contribution in [-0.4, -0.2) is 53.5 Å². The number of nitrogens with one attached hydrogen (secondary N) is 1. The molecule has 1 aliphatic rings. The van der Waals surface area contributed by atoms with Gasteiger partial charge in [0.05, 0.1) is 13.1 Å². The number of thiophene rings is 1. The summed E-state index contributed by atoms with van der Waals surface area (Å²) in [4.78, 5) is 27.6. The lowest BCUT2D eigenvalue weighted by Gasteiger charge is -2.34. The quantitative estimate of drug-likeness (QED) is 0.860. The lowest BCUT2D eigenvalue weighted by atomic mass is 10.3. The van der Waals surface area contributed by atoms with Crippen LogP contribution in [-0.2, 0) is 17.8 Å². The van der Waals surface area contributed by atoms with Crippen molar-refractivity contribution >= 4 is 23.2 Å². The molecular formula is C17H23N5OS. The second-order valence-corrected chi connectivity index (χ2v) is 7.06. The lowest BCUT2D eigenvalue weighted by Crippen LogP contribution is -2.49. The van der Waals surface area contributed by atoms with E-state index in [4.69, 9.17) is 0 Å². The van der Waals surface area contributed by atoms with Crippen molar-refractivity contribution in [3.63, 3.8) is 0 Å². The summed E-state index contributed by atoms with van der Waals surface area (Å²) in [6, 6.07) is 6.06. The summed E-state index contributed by atoms with van der Waals surface area (Å²) >= 11 is 1.77. The van der Waals surface area contributed by atoms with E-state index in [9.17, 15) is 4.79 Å². The van der Waals surface area contributed by atoms with Crippen molar-refractivity contribution in [2.75, 3.05) is 37.6 Å². The molecule has 0 spiro atoms. The first-order valence-corrected chi connectivity index (χ1v) is 9.15. The monoisotopic (exact) mass is 345 g/mol. The van der Waals surface area contributed by atoms with Gasteiger partial charge in [-0.2, -0.15) is 0 Å². The van der Waals surface area contributed by atoms with E-state index in [1.54, 1.807) is 23.7 Å². The third-order valence-corrected chi connectivity index (χ3v) is 5.33. The highest BCUT2D eigenvalue weighted by molar-refractivity contribution is 7.11. The van der Waals surface area contributed by atoms with Gasteiger partial charge in [-0.1, -0.05) is 6.92 Å². The van der Waals surface area contributed by atoms with Crippen LogP contribution in [0.2, 0.25) is 0 Å². The molecule has 1 N–H and O–H groups in total. The van der Waals surface area contributed by atoms with Crippen molar-refractivity contribution in [2.45, 2.75) is 19.9 Å². The standard InChI is InChI=1S/C17H23N5OS/c1-2-14-4-5-15(24-14)12-20-16(23)13-21-8-10-22(11-9-21)17-18-6-3-7-19-17/h3-7H,2,8-13H2,1H3,(H,20,23). The van der Waals surface area contributed by atoms with Gasteiger partial charge < -0.3 is 10.2 Å². The van der Waals surface area contributed by atoms with Crippen molar-refractivity contribution in [2.24, 2.45) is 0 Å². The molecule has 2 aromatic rings. The largest absolute Gasteiger partial charge is 0.350 e. The molecular weight excluding hydrogens is 322 g/mol. The minimum atomic E-state index is 0.0888. The third-order valence-electron chi connectivity index (χ3n) is 4.10. The van der Waals surface area contributed by atoms with Crippen LogP contribution in [0.15, 0.2) is 30.6 Å². The molecule has 6 nitrogen and oxygen atoms in total. The first kappa shape index (κ1) is 16.9. The van der Waals surface area contributed by atoms with Gasteiger partial charge in [0.15, 0.2) is 0 Å². The van der Waals surface area contributed by atoms with E-state index >= 15 is 0 Å². The molecule has 0 atom stereocenters. The fourth-order valence-electron chi connectivity index (χ4n) is 2.71. The number of carbonyl (C=O) groups excluding carboxylic acids is 1. The zero-order valence-electron chi connectivity index (χ0n) is 13.9. The summed E-state index contributed by atoms with van der Waals surface area (Å²) in [5, 5.41) is 3.02. The molecule has 0 unspecified atom stereocenters. The summed E-state index contributed by atoms with van der Waals surface area (Å²) in [5.74, 6) is 0.858. The van der Waals surface area contributed by atoms with Crippen LogP contribution >= 0.6 is 11.3 Å². The van der Waals surface area contributed by atoms with Crippen LogP contribution in [0.4, 0.5) is 5.95 Å². The molecule has 1 amide bonds. The van der Waals surface area contributed by atoms with Crippen molar-refractivity contribution in [1.82, 2.24) is 20.2 Å². The zero-order valence-corrected chi connectivity index (χ0v) is 14.8. The number of carbonyl (C=O) groups is 1. The maximum absolute atomic E-state index is 12.1. The minimum Gasteiger partial charge on any atom is -0.350 e. The van der Waals surface area contributed by atoms with Crippen LogP contribution in [0.1, 0.15) is 16.7 Å². The Kier molecular flexibility index (Phi) is 5.77. The second kappa shape index (κ2) is 8.21. The molecule has 2 aromatic heterocycles. The summed E-state index contributed by atoms with van der Waals surface area (Å²) in [6.07, 6.45) is 4.57. The molecule has 1 saturated heterocycles. The Morgan fingerprint density at radius 2 is 1.88 bits per heavy atom. The highest BCUT2D eigenvalue weighted by atomic mass is 32.1. The summed E-state index contributed by atoms with van der Waals surface area (Å²) in [7, 11) is 0. The Labute approximate surface area is 146 Å². The molecule has 24 heavy (non-hydrogen) atoms. The van der Waals surface area contributed by atoms with Crippen LogP contribution in [0, 0.1) is 0 Å². The number of amides is 1. The van der Waals surface area contributed by atoms with E-state index in [-0.39, 0.29) is 5.91 Å². The Bertz CT molecular complexity index is 652. The normalized spacial score (nSPS) is 15.5. The van der Waals surface area contributed by atoms with Crippen molar-refractivity contribution in [1.29, 1.82) is 0 Å². The summed E-state index contributed by atoms with van der Waals surface area (Å²) < 4.78 is 0. The van der Waals surface area contributed by atoms with Gasteiger partial charge in [0.25, 0.3) is 0 Å². The SMILES string of the molecule is CCc1ccc(CNC(=O)CN2CCN(c3ncccn3)CC2)s1. The van der Waals surface area contributed by atoms with Crippen LogP contribution < -0.4 is 10.2 Å². The second-order valence-electron chi connectivity index (χ2n) is 5.81. The number of hydrogen-bond acceptors (Lipinski definition) is 6. The Morgan fingerprint density at radius 3 is 2.54 bits per heavy atom. The molecule has 7 heteroatoms. The van der Waals surface area contributed by atoms with Gasteiger partial charge in [-0.25, -0.2) is 9.97 Å². The number of hydrogen-bond donors (Lipinski definition) is 1. The number of nitrogens with zero attached hydrogens (tertiary/aromatic N) is 4. The zero-order chi connectivity index (χ0) is 16.8. The molecule has 0 aromatic carbocycles. The van der Waals surface area contributed by atoms with Crippen LogP contribution in [0.5, 0.6) is 0 Å². The van der Waals surface area contributed by atoms with Crippen molar-refractivity contribution in [3.8, 4) is 0 Å². The van der Waals surface area contributed by atoms with E-state index in [0.29, 0.717) is 13.1 Å². The predicted molar refractivity (Wildman–Crippen MR) is 96.2 cm³/mol. The lowest BCUT2D eigenvalue weighted by molar-refractivity contribution is -0.122. The topological polar surface area (TPSA) is 61.4 Å². The van der Waals surface area contributed by atoms with Gasteiger partial charge in [-0.15, -0.1) is 11.3 Å². The molecule has 0 radical (unpaired) electrons. The minimum absolute atomic E-state index is 0.0888. The predicted octanol–water partition coefficient (Wildman–Crippen LogP) is 1.54. The highest BCUT2D eigenvalue weighted by Gasteiger charge is 2.20. The number of aromatic nitrogens is 2. The van der Waals surface area contributed by atoms with Gasteiger partial charge in [0.1, 0.15) is 0 Å². The first-order chi connectivity index (χ1) is 11.7. The molecule has 1 aliphatic heterocycles. The Balaban J connectivity index is 1.40. The first-order valence-electron chi connectivity index (χ1n) is 8.33. The molecule has 0 bridgehead atoms. The maximum atomic E-state index is 12.1. The fraction of sp³-hybridized carbons (Fsp3) is 0.471. The highest BCUT2D eigenvalue weighted by Crippen LogP contribution is 2.16. The third kappa shape index (κ3) is 4.52.